The first kappa shape index (κ1) is 17.6. The van der Waals surface area contributed by atoms with Gasteiger partial charge in [0.2, 0.25) is 5.82 Å². The van der Waals surface area contributed by atoms with E-state index in [-0.39, 0.29) is 5.82 Å². The molecule has 0 aliphatic rings. The molecule has 2 aromatic carbocycles. The van der Waals surface area contributed by atoms with E-state index in [0.717, 1.165) is 0 Å². The summed E-state index contributed by atoms with van der Waals surface area (Å²) in [7, 11) is 1.31. The number of hydrogen-bond donors (Lipinski definition) is 1. The maximum atomic E-state index is 12.4. The number of esters is 1. The van der Waals surface area contributed by atoms with Gasteiger partial charge in [-0.1, -0.05) is 17.7 Å². The van der Waals surface area contributed by atoms with Gasteiger partial charge in [-0.2, -0.15) is 0 Å². The van der Waals surface area contributed by atoms with Crippen molar-refractivity contribution in [1.82, 2.24) is 14.8 Å². The van der Waals surface area contributed by atoms with E-state index in [1.54, 1.807) is 54.1 Å². The van der Waals surface area contributed by atoms with Gasteiger partial charge >= 0.3 is 5.97 Å². The van der Waals surface area contributed by atoms with Crippen molar-refractivity contribution in [3.8, 4) is 5.69 Å². The van der Waals surface area contributed by atoms with Crippen LogP contribution in [0.25, 0.3) is 5.69 Å². The minimum Gasteiger partial charge on any atom is -0.465 e. The number of carbonyl (C=O) groups is 2. The Morgan fingerprint density at radius 2 is 1.88 bits per heavy atom. The third-order valence-electron chi connectivity index (χ3n) is 3.59. The lowest BCUT2D eigenvalue weighted by Gasteiger charge is -2.04. The molecule has 0 atom stereocenters. The number of halogens is 1. The van der Waals surface area contributed by atoms with E-state index in [1.165, 1.54) is 7.11 Å². The normalized spacial score (nSPS) is 10.4. The van der Waals surface area contributed by atoms with E-state index in [2.05, 4.69) is 20.1 Å². The number of amides is 1. The SMILES string of the molecule is COC(=O)c1ccc(NC(=O)c2nc(C)n(-c3cccc(Cl)c3)n2)cc1. The topological polar surface area (TPSA) is 86.1 Å². The second-order valence-corrected chi connectivity index (χ2v) is 5.83. The van der Waals surface area contributed by atoms with Crippen LogP contribution in [0.1, 0.15) is 26.8 Å². The first-order valence-electron chi connectivity index (χ1n) is 7.67. The van der Waals surface area contributed by atoms with Crippen LogP contribution in [0.2, 0.25) is 5.02 Å². The van der Waals surface area contributed by atoms with Gasteiger partial charge in [0.1, 0.15) is 5.82 Å². The molecule has 0 spiro atoms. The summed E-state index contributed by atoms with van der Waals surface area (Å²) in [5.74, 6) is -0.321. The van der Waals surface area contributed by atoms with Gasteiger partial charge in [0, 0.05) is 10.7 Å². The number of aryl methyl sites for hydroxylation is 1. The van der Waals surface area contributed by atoms with Crippen LogP contribution in [-0.2, 0) is 4.74 Å². The van der Waals surface area contributed by atoms with Gasteiger partial charge in [-0.25, -0.2) is 14.5 Å². The van der Waals surface area contributed by atoms with Crippen LogP contribution < -0.4 is 5.32 Å². The van der Waals surface area contributed by atoms with E-state index in [0.29, 0.717) is 27.8 Å². The zero-order chi connectivity index (χ0) is 18.7. The van der Waals surface area contributed by atoms with Crippen molar-refractivity contribution in [1.29, 1.82) is 0 Å². The molecule has 0 radical (unpaired) electrons. The van der Waals surface area contributed by atoms with Crippen LogP contribution >= 0.6 is 11.6 Å². The number of aromatic nitrogens is 3. The van der Waals surface area contributed by atoms with Gasteiger partial charge in [-0.15, -0.1) is 5.10 Å². The first-order valence-corrected chi connectivity index (χ1v) is 8.05. The highest BCUT2D eigenvalue weighted by Crippen LogP contribution is 2.16. The Hall–Kier alpha value is -3.19. The van der Waals surface area contributed by atoms with E-state index in [4.69, 9.17) is 11.6 Å². The highest BCUT2D eigenvalue weighted by molar-refractivity contribution is 6.30. The molecule has 1 N–H and O–H groups in total. The molecule has 7 nitrogen and oxygen atoms in total. The predicted molar refractivity (Wildman–Crippen MR) is 96.8 cm³/mol. The number of nitrogens with zero attached hydrogens (tertiary/aromatic N) is 3. The van der Waals surface area contributed by atoms with Gasteiger partial charge in [-0.3, -0.25) is 4.79 Å². The summed E-state index contributed by atoms with van der Waals surface area (Å²) in [5.41, 5.74) is 1.62. The summed E-state index contributed by atoms with van der Waals surface area (Å²) >= 11 is 6.00. The Kier molecular flexibility index (Phi) is 4.99. The highest BCUT2D eigenvalue weighted by Gasteiger charge is 2.16. The molecular weight excluding hydrogens is 356 g/mol. The Bertz CT molecular complexity index is 967. The van der Waals surface area contributed by atoms with E-state index < -0.39 is 11.9 Å². The standard InChI is InChI=1S/C18H15ClN4O3/c1-11-20-16(22-23(11)15-5-3-4-13(19)10-15)17(24)21-14-8-6-12(7-9-14)18(25)26-2/h3-10H,1-2H3,(H,21,24). The number of nitrogens with one attached hydrogen (secondary N) is 1. The van der Waals surface area contributed by atoms with Crippen molar-refractivity contribution in [2.75, 3.05) is 12.4 Å². The number of benzene rings is 2. The molecular formula is C18H15ClN4O3. The molecule has 132 valence electrons. The fraction of sp³-hybridized carbons (Fsp3) is 0.111. The summed E-state index contributed by atoms with van der Waals surface area (Å²) in [4.78, 5) is 28.0. The van der Waals surface area contributed by atoms with Crippen molar-refractivity contribution < 1.29 is 14.3 Å². The zero-order valence-electron chi connectivity index (χ0n) is 14.1. The van der Waals surface area contributed by atoms with Gasteiger partial charge in [0.05, 0.1) is 18.4 Å². The summed E-state index contributed by atoms with van der Waals surface area (Å²) in [5, 5.41) is 7.49. The van der Waals surface area contributed by atoms with Crippen molar-refractivity contribution in [3.63, 3.8) is 0 Å². The molecule has 0 bridgehead atoms. The Balaban J connectivity index is 1.78. The second kappa shape index (κ2) is 7.37. The van der Waals surface area contributed by atoms with Crippen LogP contribution in [0.3, 0.4) is 0 Å². The highest BCUT2D eigenvalue weighted by atomic mass is 35.5. The first-order chi connectivity index (χ1) is 12.5. The fourth-order valence-corrected chi connectivity index (χ4v) is 2.52. The molecule has 0 saturated heterocycles. The molecule has 0 unspecified atom stereocenters. The van der Waals surface area contributed by atoms with E-state index >= 15 is 0 Å². The fourth-order valence-electron chi connectivity index (χ4n) is 2.33. The summed E-state index contributed by atoms with van der Waals surface area (Å²) in [6.45, 7) is 1.75. The number of rotatable bonds is 4. The molecule has 8 heteroatoms. The molecule has 0 aliphatic carbocycles. The third kappa shape index (κ3) is 3.73. The van der Waals surface area contributed by atoms with Crippen LogP contribution in [0.15, 0.2) is 48.5 Å². The van der Waals surface area contributed by atoms with Crippen LogP contribution in [0.4, 0.5) is 5.69 Å². The van der Waals surface area contributed by atoms with Gasteiger partial charge in [0.15, 0.2) is 0 Å². The molecule has 0 fully saturated rings. The lowest BCUT2D eigenvalue weighted by atomic mass is 10.2. The number of ether oxygens (including phenoxy) is 1. The molecule has 3 rings (SSSR count). The van der Waals surface area contributed by atoms with Crippen molar-refractivity contribution in [2.24, 2.45) is 0 Å². The van der Waals surface area contributed by atoms with Crippen molar-refractivity contribution in [2.45, 2.75) is 6.92 Å². The number of methoxy groups -OCH3 is 1. The largest absolute Gasteiger partial charge is 0.465 e. The van der Waals surface area contributed by atoms with Crippen molar-refractivity contribution in [3.05, 3.63) is 70.8 Å². The molecule has 0 aliphatic heterocycles. The number of carbonyl (C=O) groups excluding carboxylic acids is 2. The van der Waals surface area contributed by atoms with Gasteiger partial charge < -0.3 is 10.1 Å². The Labute approximate surface area is 154 Å². The number of hydrogen-bond acceptors (Lipinski definition) is 5. The average molecular weight is 371 g/mol. The van der Waals surface area contributed by atoms with E-state index in [9.17, 15) is 9.59 Å². The van der Waals surface area contributed by atoms with Crippen LogP contribution in [-0.4, -0.2) is 33.8 Å². The molecule has 1 amide bonds. The molecule has 1 heterocycles. The second-order valence-electron chi connectivity index (χ2n) is 5.40. The lowest BCUT2D eigenvalue weighted by Crippen LogP contribution is -2.14. The maximum Gasteiger partial charge on any atom is 0.337 e. The summed E-state index contributed by atoms with van der Waals surface area (Å²) in [6, 6.07) is 13.4. The van der Waals surface area contributed by atoms with Gasteiger partial charge in [0.25, 0.3) is 5.91 Å². The number of anilines is 1. The third-order valence-corrected chi connectivity index (χ3v) is 3.82. The molecule has 1 aromatic heterocycles. The Morgan fingerprint density at radius 1 is 1.15 bits per heavy atom. The minimum absolute atomic E-state index is 0.0273. The summed E-state index contributed by atoms with van der Waals surface area (Å²) in [6.07, 6.45) is 0. The van der Waals surface area contributed by atoms with Crippen LogP contribution in [0, 0.1) is 6.92 Å². The van der Waals surface area contributed by atoms with Crippen molar-refractivity contribution >= 4 is 29.2 Å². The molecule has 3 aromatic rings. The predicted octanol–water partition coefficient (Wildman–Crippen LogP) is 3.27. The zero-order valence-corrected chi connectivity index (χ0v) is 14.8. The molecule has 0 saturated carbocycles. The average Bonchev–Trinajstić information content (AvgIpc) is 3.03. The maximum absolute atomic E-state index is 12.4. The molecule has 26 heavy (non-hydrogen) atoms. The monoisotopic (exact) mass is 370 g/mol. The lowest BCUT2D eigenvalue weighted by molar-refractivity contribution is 0.0600. The quantitative estimate of drug-likeness (QED) is 0.712. The minimum atomic E-state index is -0.459. The smallest absolute Gasteiger partial charge is 0.337 e. The van der Waals surface area contributed by atoms with Crippen LogP contribution in [0.5, 0.6) is 0 Å². The van der Waals surface area contributed by atoms with E-state index in [1.807, 2.05) is 6.07 Å². The summed E-state index contributed by atoms with van der Waals surface area (Å²) < 4.78 is 6.18. The van der Waals surface area contributed by atoms with Gasteiger partial charge in [-0.05, 0) is 49.4 Å². The Morgan fingerprint density at radius 3 is 2.54 bits per heavy atom.